The molecular weight excluding hydrogens is 376 g/mol. The third-order valence-electron chi connectivity index (χ3n) is 3.25. The van der Waals surface area contributed by atoms with Crippen LogP contribution in [0.4, 0.5) is 11.4 Å². The summed E-state index contributed by atoms with van der Waals surface area (Å²) in [5, 5.41) is 33.0. The van der Waals surface area contributed by atoms with Crippen LogP contribution < -0.4 is 0 Å². The van der Waals surface area contributed by atoms with Crippen molar-refractivity contribution < 1.29 is 34.1 Å². The summed E-state index contributed by atoms with van der Waals surface area (Å²) in [6.45, 7) is 1.35. The van der Waals surface area contributed by atoms with Crippen molar-refractivity contribution in [2.45, 2.75) is 16.7 Å². The molecule has 2 rings (SSSR count). The van der Waals surface area contributed by atoms with E-state index < -0.39 is 20.8 Å². The number of azo groups is 1. The first kappa shape index (κ1) is 17.7. The van der Waals surface area contributed by atoms with Gasteiger partial charge in [-0.25, -0.2) is 10.8 Å². The molecular formula is C12H12N4O7S2. The fourth-order valence-electron chi connectivity index (χ4n) is 2.29. The summed E-state index contributed by atoms with van der Waals surface area (Å²) in [5.41, 5.74) is 2.70. The first-order valence-corrected chi connectivity index (χ1v) is 8.54. The van der Waals surface area contributed by atoms with E-state index in [1.807, 2.05) is 0 Å². The molecule has 0 aromatic heterocycles. The van der Waals surface area contributed by atoms with E-state index in [1.54, 1.807) is 0 Å². The number of phenols is 1. The average Bonchev–Trinajstić information content (AvgIpc) is 2.56. The molecule has 0 unspecified atom stereocenters. The summed E-state index contributed by atoms with van der Waals surface area (Å²) < 4.78 is 44.5. The minimum atomic E-state index is -4.74. The van der Waals surface area contributed by atoms with Gasteiger partial charge in [0.2, 0.25) is 1.41 Å². The summed E-state index contributed by atoms with van der Waals surface area (Å²) in [4.78, 5) is -0.506. The Hall–Kier alpha value is -2.16. The number of hydrogen-bond donors (Lipinski definition) is 4. The second-order valence-electron chi connectivity index (χ2n) is 4.62. The fourth-order valence-corrected chi connectivity index (χ4v) is 3.72. The van der Waals surface area contributed by atoms with Crippen molar-refractivity contribution in [3.05, 3.63) is 17.7 Å². The van der Waals surface area contributed by atoms with Gasteiger partial charge in [-0.05, 0) is 24.6 Å². The Bertz CT molecular complexity index is 1010. The number of nitrogens with zero attached hydrogens (tertiary/aromatic N) is 3. The molecule has 0 amide bonds. The van der Waals surface area contributed by atoms with Gasteiger partial charge >= 0.3 is 0 Å². The summed E-state index contributed by atoms with van der Waals surface area (Å²) in [5.74, 6) is -0.497. The number of rotatable bonds is 6. The average molecular weight is 389 g/mol. The Balaban J connectivity index is 3.03. The molecule has 2 aromatic rings. The van der Waals surface area contributed by atoms with Gasteiger partial charge in [0.05, 0.1) is 22.6 Å². The summed E-state index contributed by atoms with van der Waals surface area (Å²) in [6, 6.07) is 2.51. The maximum Gasteiger partial charge on any atom is 0.295 e. The lowest BCUT2D eigenvalue weighted by molar-refractivity contribution is -0.432. The van der Waals surface area contributed by atoms with Gasteiger partial charge in [0.15, 0.2) is 5.75 Å². The Morgan fingerprint density at radius 1 is 1.36 bits per heavy atom. The molecule has 25 heavy (non-hydrogen) atoms. The van der Waals surface area contributed by atoms with E-state index in [4.69, 9.17) is 6.67 Å². The van der Waals surface area contributed by atoms with E-state index in [-0.39, 0.29) is 32.6 Å². The molecule has 0 aliphatic rings. The topological polar surface area (TPSA) is 174 Å². The Morgan fingerprint density at radius 2 is 2.08 bits per heavy atom. The second-order valence-corrected chi connectivity index (χ2v) is 6.72. The number of aromatic hydroxyl groups is 1. The molecule has 0 spiro atoms. The van der Waals surface area contributed by atoms with E-state index >= 15 is 0 Å². The van der Waals surface area contributed by atoms with Gasteiger partial charge in [0.25, 0.3) is 10.1 Å². The number of benzene rings is 2. The van der Waals surface area contributed by atoms with Crippen LogP contribution >= 0.6 is 12.0 Å². The predicted molar refractivity (Wildman–Crippen MR) is 86.1 cm³/mol. The molecule has 11 nitrogen and oxygen atoms in total. The van der Waals surface area contributed by atoms with Gasteiger partial charge in [-0.2, -0.15) is 23.8 Å². The third-order valence-corrected chi connectivity index (χ3v) is 4.91. The van der Waals surface area contributed by atoms with Crippen molar-refractivity contribution in [3.8, 4) is 5.75 Å². The van der Waals surface area contributed by atoms with Gasteiger partial charge < -0.3 is 5.11 Å². The van der Waals surface area contributed by atoms with E-state index in [9.17, 15) is 18.1 Å². The van der Waals surface area contributed by atoms with Crippen molar-refractivity contribution >= 4 is 44.3 Å². The number of fused-ring (bicyclic) bond motifs is 1. The molecule has 4 N–H and O–H groups in total. The molecule has 0 fully saturated rings. The first-order chi connectivity index (χ1) is 12.3. The highest BCUT2D eigenvalue weighted by Gasteiger charge is 2.25. The highest BCUT2D eigenvalue weighted by Crippen LogP contribution is 2.47. The van der Waals surface area contributed by atoms with Gasteiger partial charge in [0.1, 0.15) is 10.6 Å². The molecule has 0 heterocycles. The monoisotopic (exact) mass is 389 g/mol. The molecule has 0 saturated heterocycles. The van der Waals surface area contributed by atoms with Crippen LogP contribution in [0.3, 0.4) is 0 Å². The predicted octanol–water partition coefficient (Wildman–Crippen LogP) is 3.90. The normalized spacial score (nSPS) is 13.2. The smallest absolute Gasteiger partial charge is 0.295 e. The fraction of sp³-hybridized carbons (Fsp3) is 0.167. The molecule has 0 saturated carbocycles. The largest absolute Gasteiger partial charge is 0.505 e. The van der Waals surface area contributed by atoms with Crippen molar-refractivity contribution in [1.29, 1.82) is 5.52 Å². The maximum atomic E-state index is 11.9. The van der Waals surface area contributed by atoms with Gasteiger partial charge in [-0.15, -0.1) is 4.33 Å². The van der Waals surface area contributed by atoms with E-state index in [2.05, 4.69) is 30.2 Å². The van der Waals surface area contributed by atoms with E-state index in [1.165, 1.54) is 26.1 Å². The lowest BCUT2D eigenvalue weighted by atomic mass is 10.0. The maximum absolute atomic E-state index is 11.9. The number of phenolic OH excluding ortho intramolecular Hbond substituents is 1. The van der Waals surface area contributed by atoms with E-state index in [0.717, 1.165) is 0 Å². The molecule has 0 bridgehead atoms. The summed E-state index contributed by atoms with van der Waals surface area (Å²) in [7, 11) is -3.41. The molecule has 0 radical (unpaired) electrons. The van der Waals surface area contributed by atoms with Crippen molar-refractivity contribution in [1.82, 2.24) is 0 Å². The first-order valence-electron chi connectivity index (χ1n) is 6.81. The molecule has 13 heteroatoms. The van der Waals surface area contributed by atoms with Gasteiger partial charge in [-0.3, -0.25) is 4.55 Å². The Morgan fingerprint density at radius 3 is 2.64 bits per heavy atom. The van der Waals surface area contributed by atoms with Crippen LogP contribution in [0.15, 0.2) is 37.3 Å². The summed E-state index contributed by atoms with van der Waals surface area (Å²) >= 11 is 0.421. The SMILES string of the molecule is [2H]N=Nc1cc2c(O)c(N=NC)c(SOOO)cc2c(S(=O)(=O)O)c1C. The lowest BCUT2D eigenvalue weighted by Crippen LogP contribution is -2.03. The van der Waals surface area contributed by atoms with Gasteiger partial charge in [0, 0.05) is 17.8 Å². The van der Waals surface area contributed by atoms with E-state index in [0.29, 0.717) is 12.0 Å². The highest BCUT2D eigenvalue weighted by molar-refractivity contribution is 7.94. The minimum absolute atomic E-state index is 0.00976. The van der Waals surface area contributed by atoms with Crippen LogP contribution in [0.5, 0.6) is 5.75 Å². The molecule has 2 aromatic carbocycles. The zero-order chi connectivity index (χ0) is 19.5. The quantitative estimate of drug-likeness (QED) is 0.189. The molecule has 0 atom stereocenters. The van der Waals surface area contributed by atoms with Crippen molar-refractivity contribution in [2.24, 2.45) is 15.3 Å². The van der Waals surface area contributed by atoms with Crippen molar-refractivity contribution in [3.63, 3.8) is 0 Å². The molecule has 0 aliphatic carbocycles. The third kappa shape index (κ3) is 3.60. The van der Waals surface area contributed by atoms with Crippen molar-refractivity contribution in [2.75, 3.05) is 7.05 Å². The zero-order valence-corrected chi connectivity index (χ0v) is 14.4. The van der Waals surface area contributed by atoms with Crippen LogP contribution in [0.1, 0.15) is 5.56 Å². The van der Waals surface area contributed by atoms with Crippen LogP contribution in [0.25, 0.3) is 10.8 Å². The lowest BCUT2D eigenvalue weighted by Gasteiger charge is -2.14. The Labute approximate surface area is 147 Å². The van der Waals surface area contributed by atoms with Crippen LogP contribution in [-0.4, -0.2) is 30.4 Å². The Kier molecular flexibility index (Phi) is 5.22. The molecule has 134 valence electrons. The van der Waals surface area contributed by atoms with Crippen LogP contribution in [0.2, 0.25) is 1.41 Å². The minimum Gasteiger partial charge on any atom is -0.505 e. The van der Waals surface area contributed by atoms with Crippen LogP contribution in [-0.2, 0) is 19.5 Å². The second kappa shape index (κ2) is 7.38. The van der Waals surface area contributed by atoms with Crippen LogP contribution in [0, 0.1) is 12.4 Å². The molecule has 0 aliphatic heterocycles. The zero-order valence-electron chi connectivity index (χ0n) is 13.7. The standard InChI is InChI=1S/C12H12N4O7S2/c1-5-8(15-13)3-6-7(12(5)25(19,20)21)4-9(24-23-22-18)10(11(6)17)16-14-2/h3-4,13,17-18H,1-2H3,(H,19,20,21)/i/hD. The van der Waals surface area contributed by atoms with Gasteiger partial charge in [-0.1, -0.05) is 5.04 Å². The number of hydrogen-bond acceptors (Lipinski definition) is 11. The highest BCUT2D eigenvalue weighted by atomic mass is 32.2. The summed E-state index contributed by atoms with van der Waals surface area (Å²) in [6.07, 6.45) is 0. The number of nitrogens with one attached hydrogen (secondary N) is 1.